The van der Waals surface area contributed by atoms with Crippen molar-refractivity contribution in [1.29, 1.82) is 0 Å². The van der Waals surface area contributed by atoms with Crippen LogP contribution in [0.15, 0.2) is 47.3 Å². The van der Waals surface area contributed by atoms with Gasteiger partial charge < -0.3 is 9.88 Å². The molecular weight excluding hydrogens is 364 g/mol. The first-order valence-electron chi connectivity index (χ1n) is 8.27. The molecule has 0 amide bonds. The lowest BCUT2D eigenvalue weighted by Crippen LogP contribution is -2.29. The van der Waals surface area contributed by atoms with E-state index < -0.39 is 0 Å². The van der Waals surface area contributed by atoms with Crippen LogP contribution in [-0.4, -0.2) is 28.0 Å². The molecule has 1 aliphatic rings. The number of para-hydroxylation sites is 1. The maximum absolute atomic E-state index is 4.39. The van der Waals surface area contributed by atoms with Crippen LogP contribution < -0.4 is 4.90 Å². The quantitative estimate of drug-likeness (QED) is 0.720. The van der Waals surface area contributed by atoms with Crippen molar-refractivity contribution < 1.29 is 0 Å². The normalized spacial score (nSPS) is 14.9. The van der Waals surface area contributed by atoms with Crippen molar-refractivity contribution in [2.75, 3.05) is 18.0 Å². The molecule has 0 saturated heterocycles. The fourth-order valence-electron chi connectivity index (χ4n) is 3.34. The number of nitrogens with one attached hydrogen (secondary N) is 1. The topological polar surface area (TPSA) is 44.8 Å². The molecule has 1 N–H and O–H groups in total. The smallest absolute Gasteiger partial charge is 0.225 e. The van der Waals surface area contributed by atoms with Crippen LogP contribution in [0.4, 0.5) is 5.95 Å². The third-order valence-electron chi connectivity index (χ3n) is 4.63. The first kappa shape index (κ1) is 15.4. The molecular formula is C19H19BrN4. The predicted molar refractivity (Wildman–Crippen MR) is 102 cm³/mol. The Hall–Kier alpha value is -2.14. The van der Waals surface area contributed by atoms with E-state index in [1.54, 1.807) is 12.4 Å². The van der Waals surface area contributed by atoms with E-state index in [2.05, 4.69) is 73.2 Å². The second-order valence-corrected chi connectivity index (χ2v) is 6.94. The van der Waals surface area contributed by atoms with Gasteiger partial charge in [-0.3, -0.25) is 0 Å². The average molecular weight is 383 g/mol. The maximum Gasteiger partial charge on any atom is 0.225 e. The minimum absolute atomic E-state index is 0.792. The molecule has 122 valence electrons. The zero-order valence-corrected chi connectivity index (χ0v) is 15.2. The minimum atomic E-state index is 0.792. The molecule has 0 atom stereocenters. The van der Waals surface area contributed by atoms with E-state index in [9.17, 15) is 0 Å². The van der Waals surface area contributed by atoms with E-state index in [-0.39, 0.29) is 0 Å². The summed E-state index contributed by atoms with van der Waals surface area (Å²) in [7, 11) is 0. The van der Waals surface area contributed by atoms with Crippen LogP contribution in [-0.2, 0) is 6.42 Å². The van der Waals surface area contributed by atoms with Crippen molar-refractivity contribution in [3.8, 4) is 0 Å². The molecule has 0 spiro atoms. The Labute approximate surface area is 149 Å². The van der Waals surface area contributed by atoms with Gasteiger partial charge in [0.05, 0.1) is 4.47 Å². The Kier molecular flexibility index (Phi) is 4.10. The van der Waals surface area contributed by atoms with Gasteiger partial charge in [0.25, 0.3) is 0 Å². The summed E-state index contributed by atoms with van der Waals surface area (Å²) in [6.45, 7) is 3.98. The van der Waals surface area contributed by atoms with E-state index in [0.717, 1.165) is 36.4 Å². The van der Waals surface area contributed by atoms with E-state index >= 15 is 0 Å². The SMILES string of the molecule is CCc1cccc2c(C3=CCN(c4ncc(Br)cn4)CC3)c[nH]c12. The number of anilines is 1. The summed E-state index contributed by atoms with van der Waals surface area (Å²) in [5.74, 6) is 0.792. The molecule has 1 aromatic carbocycles. The van der Waals surface area contributed by atoms with Crippen molar-refractivity contribution in [2.45, 2.75) is 19.8 Å². The lowest BCUT2D eigenvalue weighted by molar-refractivity contribution is 0.795. The van der Waals surface area contributed by atoms with Gasteiger partial charge in [0.2, 0.25) is 5.95 Å². The molecule has 24 heavy (non-hydrogen) atoms. The second-order valence-electron chi connectivity index (χ2n) is 6.02. The van der Waals surface area contributed by atoms with Gasteiger partial charge in [0, 0.05) is 48.1 Å². The fraction of sp³-hybridized carbons (Fsp3) is 0.263. The Bertz CT molecular complexity index is 895. The van der Waals surface area contributed by atoms with E-state index in [1.165, 1.54) is 27.6 Å². The molecule has 0 radical (unpaired) electrons. The van der Waals surface area contributed by atoms with Crippen molar-refractivity contribution in [1.82, 2.24) is 15.0 Å². The lowest BCUT2D eigenvalue weighted by atomic mass is 9.98. The minimum Gasteiger partial charge on any atom is -0.360 e. The summed E-state index contributed by atoms with van der Waals surface area (Å²) in [6.07, 6.45) is 10.1. The summed E-state index contributed by atoms with van der Waals surface area (Å²) >= 11 is 3.38. The van der Waals surface area contributed by atoms with Gasteiger partial charge in [0.15, 0.2) is 0 Å². The number of nitrogens with zero attached hydrogens (tertiary/aromatic N) is 3. The molecule has 1 aliphatic heterocycles. The number of fused-ring (bicyclic) bond motifs is 1. The molecule has 3 aromatic rings. The maximum atomic E-state index is 4.39. The van der Waals surface area contributed by atoms with E-state index in [0.29, 0.717) is 0 Å². The Morgan fingerprint density at radius 2 is 2.08 bits per heavy atom. The van der Waals surface area contributed by atoms with Gasteiger partial charge in [-0.25, -0.2) is 9.97 Å². The summed E-state index contributed by atoms with van der Waals surface area (Å²) in [5.41, 5.74) is 5.38. The first-order valence-corrected chi connectivity index (χ1v) is 9.06. The number of aromatic nitrogens is 3. The van der Waals surface area contributed by atoms with Crippen molar-refractivity contribution in [3.63, 3.8) is 0 Å². The van der Waals surface area contributed by atoms with E-state index in [4.69, 9.17) is 0 Å². The Morgan fingerprint density at radius 1 is 1.25 bits per heavy atom. The molecule has 0 fully saturated rings. The predicted octanol–water partition coefficient (Wildman–Crippen LogP) is 4.58. The molecule has 5 heteroatoms. The molecule has 4 nitrogen and oxygen atoms in total. The van der Waals surface area contributed by atoms with Crippen molar-refractivity contribution in [2.24, 2.45) is 0 Å². The van der Waals surface area contributed by atoms with Crippen LogP contribution in [0.1, 0.15) is 24.5 Å². The van der Waals surface area contributed by atoms with Gasteiger partial charge in [-0.05, 0) is 39.9 Å². The number of hydrogen-bond acceptors (Lipinski definition) is 3. The second kappa shape index (κ2) is 6.40. The highest BCUT2D eigenvalue weighted by Crippen LogP contribution is 2.31. The van der Waals surface area contributed by atoms with Crippen LogP contribution in [0.3, 0.4) is 0 Å². The molecule has 4 rings (SSSR count). The number of benzene rings is 1. The van der Waals surface area contributed by atoms with Crippen molar-refractivity contribution >= 4 is 38.4 Å². The van der Waals surface area contributed by atoms with Crippen molar-refractivity contribution in [3.05, 3.63) is 58.5 Å². The van der Waals surface area contributed by atoms with Crippen LogP contribution in [0.25, 0.3) is 16.5 Å². The molecule has 0 bridgehead atoms. The molecule has 0 unspecified atom stereocenters. The number of aromatic amines is 1. The Balaban J connectivity index is 1.61. The first-order chi connectivity index (χ1) is 11.8. The number of aryl methyl sites for hydroxylation is 1. The highest BCUT2D eigenvalue weighted by molar-refractivity contribution is 9.10. The zero-order chi connectivity index (χ0) is 16.5. The fourth-order valence-corrected chi connectivity index (χ4v) is 3.55. The summed E-state index contributed by atoms with van der Waals surface area (Å²) in [5, 5.41) is 1.33. The van der Waals surface area contributed by atoms with Crippen LogP contribution in [0.2, 0.25) is 0 Å². The molecule has 0 saturated carbocycles. The highest BCUT2D eigenvalue weighted by Gasteiger charge is 2.17. The van der Waals surface area contributed by atoms with Crippen LogP contribution >= 0.6 is 15.9 Å². The van der Waals surface area contributed by atoms with Gasteiger partial charge in [0.1, 0.15) is 0 Å². The number of rotatable bonds is 3. The summed E-state index contributed by atoms with van der Waals surface area (Å²) in [4.78, 5) is 14.5. The molecule has 3 heterocycles. The summed E-state index contributed by atoms with van der Waals surface area (Å²) in [6, 6.07) is 6.57. The van der Waals surface area contributed by atoms with Crippen LogP contribution in [0.5, 0.6) is 0 Å². The monoisotopic (exact) mass is 382 g/mol. The molecule has 0 aliphatic carbocycles. The standard InChI is InChI=1S/C19H19BrN4/c1-2-13-4-3-5-16-17(12-21-18(13)16)14-6-8-24(9-7-14)19-22-10-15(20)11-23-19/h3-6,10-12,21H,2,7-9H2,1H3. The van der Waals surface area contributed by atoms with Gasteiger partial charge >= 0.3 is 0 Å². The Morgan fingerprint density at radius 3 is 2.79 bits per heavy atom. The van der Waals surface area contributed by atoms with Gasteiger partial charge in [-0.2, -0.15) is 0 Å². The largest absolute Gasteiger partial charge is 0.360 e. The lowest BCUT2D eigenvalue weighted by Gasteiger charge is -2.26. The number of hydrogen-bond donors (Lipinski definition) is 1. The number of halogens is 1. The number of H-pyrrole nitrogens is 1. The molecule has 2 aromatic heterocycles. The highest BCUT2D eigenvalue weighted by atomic mass is 79.9. The van der Waals surface area contributed by atoms with Gasteiger partial charge in [-0.1, -0.05) is 31.2 Å². The summed E-state index contributed by atoms with van der Waals surface area (Å²) < 4.78 is 0.907. The third kappa shape index (κ3) is 2.73. The van der Waals surface area contributed by atoms with Crippen LogP contribution in [0, 0.1) is 0 Å². The zero-order valence-electron chi connectivity index (χ0n) is 13.6. The van der Waals surface area contributed by atoms with Gasteiger partial charge in [-0.15, -0.1) is 0 Å². The third-order valence-corrected chi connectivity index (χ3v) is 5.04. The average Bonchev–Trinajstić information content (AvgIpc) is 3.07. The van der Waals surface area contributed by atoms with E-state index in [1.807, 2.05) is 0 Å².